The standard InChI is InChI=1S/C18H18BrNO4S/c19-15-7-3-13(4-8-15)14-5-9-16(10-6-14)20(25(23)24)18(17(21)22)11-1-2-12-18/h3-10H,1-2,11-12H2,(H,21,22)(H,23,24). The van der Waals surface area contributed by atoms with Crippen LogP contribution in [-0.4, -0.2) is 25.4 Å². The lowest BCUT2D eigenvalue weighted by atomic mass is 9.96. The number of aliphatic carboxylic acids is 1. The van der Waals surface area contributed by atoms with Gasteiger partial charge in [-0.3, -0.25) is 8.86 Å². The number of hydrogen-bond acceptors (Lipinski definition) is 2. The van der Waals surface area contributed by atoms with E-state index in [0.29, 0.717) is 18.5 Å². The summed E-state index contributed by atoms with van der Waals surface area (Å²) in [5.74, 6) is -1.05. The number of nitrogens with zero attached hydrogens (tertiary/aromatic N) is 1. The highest BCUT2D eigenvalue weighted by Gasteiger charge is 2.49. The van der Waals surface area contributed by atoms with Crippen LogP contribution in [0, 0.1) is 0 Å². The van der Waals surface area contributed by atoms with Crippen LogP contribution >= 0.6 is 15.9 Å². The average Bonchev–Trinajstić information content (AvgIpc) is 3.07. The number of carboxylic acids is 1. The zero-order chi connectivity index (χ0) is 18.0. The lowest BCUT2D eigenvalue weighted by molar-refractivity contribution is -0.142. The molecule has 2 aromatic rings. The van der Waals surface area contributed by atoms with E-state index in [4.69, 9.17) is 0 Å². The average molecular weight is 424 g/mol. The third kappa shape index (κ3) is 3.49. The number of carbonyl (C=O) groups is 1. The Labute approximate surface area is 157 Å². The number of benzene rings is 2. The van der Waals surface area contributed by atoms with Gasteiger partial charge in [-0.1, -0.05) is 53.0 Å². The molecule has 0 aliphatic heterocycles. The molecule has 2 N–H and O–H groups in total. The Bertz CT molecular complexity index is 786. The van der Waals surface area contributed by atoms with Gasteiger partial charge in [0.15, 0.2) is 5.54 Å². The maximum atomic E-state index is 12.0. The van der Waals surface area contributed by atoms with Crippen molar-refractivity contribution in [3.05, 3.63) is 53.0 Å². The molecular weight excluding hydrogens is 406 g/mol. The molecule has 1 unspecified atom stereocenters. The van der Waals surface area contributed by atoms with Crippen molar-refractivity contribution in [2.45, 2.75) is 31.2 Å². The minimum atomic E-state index is -2.41. The summed E-state index contributed by atoms with van der Waals surface area (Å²) >= 11 is 0.986. The van der Waals surface area contributed by atoms with Crippen molar-refractivity contribution in [1.82, 2.24) is 0 Å². The summed E-state index contributed by atoms with van der Waals surface area (Å²) in [5, 5.41) is 9.71. The fraction of sp³-hybridized carbons (Fsp3) is 0.278. The first kappa shape index (κ1) is 18.1. The molecule has 25 heavy (non-hydrogen) atoms. The molecule has 7 heteroatoms. The number of anilines is 1. The molecule has 5 nitrogen and oxygen atoms in total. The van der Waals surface area contributed by atoms with Gasteiger partial charge in [0, 0.05) is 4.47 Å². The van der Waals surface area contributed by atoms with E-state index in [1.54, 1.807) is 12.1 Å². The third-order valence-electron chi connectivity index (χ3n) is 4.65. The second-order valence-corrected chi connectivity index (χ2v) is 7.86. The van der Waals surface area contributed by atoms with Crippen molar-refractivity contribution in [1.29, 1.82) is 0 Å². The zero-order valence-electron chi connectivity index (χ0n) is 13.4. The fourth-order valence-electron chi connectivity index (χ4n) is 3.38. The molecule has 3 rings (SSSR count). The van der Waals surface area contributed by atoms with Crippen LogP contribution in [0.1, 0.15) is 25.7 Å². The molecular formula is C18H18BrNO4S. The predicted octanol–water partition coefficient (Wildman–Crippen LogP) is 4.46. The monoisotopic (exact) mass is 423 g/mol. The van der Waals surface area contributed by atoms with Crippen molar-refractivity contribution in [3.8, 4) is 11.1 Å². The van der Waals surface area contributed by atoms with Crippen LogP contribution in [0.4, 0.5) is 5.69 Å². The highest BCUT2D eigenvalue weighted by atomic mass is 79.9. The smallest absolute Gasteiger partial charge is 0.330 e. The van der Waals surface area contributed by atoms with Crippen LogP contribution < -0.4 is 4.31 Å². The summed E-state index contributed by atoms with van der Waals surface area (Å²) in [6, 6.07) is 14.9. The second kappa shape index (κ2) is 7.27. The van der Waals surface area contributed by atoms with E-state index in [1.165, 1.54) is 0 Å². The Morgan fingerprint density at radius 2 is 1.48 bits per heavy atom. The van der Waals surface area contributed by atoms with Gasteiger partial charge in [0.25, 0.3) is 11.3 Å². The minimum absolute atomic E-state index is 0.364. The molecule has 1 aliphatic rings. The van der Waals surface area contributed by atoms with E-state index >= 15 is 0 Å². The molecule has 0 amide bonds. The van der Waals surface area contributed by atoms with Crippen LogP contribution in [0.2, 0.25) is 0 Å². The van der Waals surface area contributed by atoms with Gasteiger partial charge in [0.05, 0.1) is 5.69 Å². The second-order valence-electron chi connectivity index (χ2n) is 6.12. The van der Waals surface area contributed by atoms with E-state index in [9.17, 15) is 18.7 Å². The van der Waals surface area contributed by atoms with Gasteiger partial charge < -0.3 is 5.11 Å². The third-order valence-corrected chi connectivity index (χ3v) is 6.05. The normalized spacial score (nSPS) is 17.2. The molecule has 132 valence electrons. The Morgan fingerprint density at radius 1 is 1.00 bits per heavy atom. The van der Waals surface area contributed by atoms with Crippen molar-refractivity contribution in [2.75, 3.05) is 4.31 Å². The number of hydrogen-bond donors (Lipinski definition) is 2. The molecule has 0 bridgehead atoms. The van der Waals surface area contributed by atoms with Gasteiger partial charge in [-0.15, -0.1) is 0 Å². The van der Waals surface area contributed by atoms with Crippen LogP contribution in [0.15, 0.2) is 53.0 Å². The summed E-state index contributed by atoms with van der Waals surface area (Å²) in [7, 11) is 0. The first-order valence-electron chi connectivity index (χ1n) is 7.95. The summed E-state index contributed by atoms with van der Waals surface area (Å²) in [6.07, 6.45) is 2.19. The molecule has 0 saturated heterocycles. The molecule has 0 spiro atoms. The summed E-state index contributed by atoms with van der Waals surface area (Å²) < 4.78 is 23.9. The van der Waals surface area contributed by atoms with Crippen molar-refractivity contribution in [2.24, 2.45) is 0 Å². The van der Waals surface area contributed by atoms with Gasteiger partial charge in [-0.25, -0.2) is 9.00 Å². The van der Waals surface area contributed by atoms with Gasteiger partial charge in [0.2, 0.25) is 0 Å². The lowest BCUT2D eigenvalue weighted by Crippen LogP contribution is -2.53. The molecule has 0 heterocycles. The molecule has 1 aliphatic carbocycles. The first-order chi connectivity index (χ1) is 11.9. The lowest BCUT2D eigenvalue weighted by Gasteiger charge is -2.36. The quantitative estimate of drug-likeness (QED) is 0.695. The van der Waals surface area contributed by atoms with E-state index in [-0.39, 0.29) is 0 Å². The zero-order valence-corrected chi connectivity index (χ0v) is 15.8. The van der Waals surface area contributed by atoms with Crippen LogP contribution in [0.25, 0.3) is 11.1 Å². The maximum Gasteiger partial charge on any atom is 0.330 e. The highest BCUT2D eigenvalue weighted by molar-refractivity contribution is 9.10. The van der Waals surface area contributed by atoms with E-state index in [2.05, 4.69) is 15.9 Å². The molecule has 0 aromatic heterocycles. The first-order valence-corrected chi connectivity index (χ1v) is 9.80. The van der Waals surface area contributed by atoms with E-state index in [0.717, 1.165) is 32.7 Å². The Morgan fingerprint density at radius 3 is 1.92 bits per heavy atom. The van der Waals surface area contributed by atoms with Crippen LogP contribution in [0.3, 0.4) is 0 Å². The molecule has 1 fully saturated rings. The molecule has 1 saturated carbocycles. The Balaban J connectivity index is 1.97. The largest absolute Gasteiger partial charge is 0.479 e. The van der Waals surface area contributed by atoms with Crippen molar-refractivity contribution < 1.29 is 18.7 Å². The maximum absolute atomic E-state index is 12.0. The van der Waals surface area contributed by atoms with Gasteiger partial charge in [0.1, 0.15) is 0 Å². The predicted molar refractivity (Wildman–Crippen MR) is 102 cm³/mol. The van der Waals surface area contributed by atoms with Gasteiger partial charge in [-0.2, -0.15) is 0 Å². The minimum Gasteiger partial charge on any atom is -0.479 e. The van der Waals surface area contributed by atoms with Gasteiger partial charge >= 0.3 is 5.97 Å². The van der Waals surface area contributed by atoms with Crippen LogP contribution in [-0.2, 0) is 16.1 Å². The highest BCUT2D eigenvalue weighted by Crippen LogP contribution is 2.40. The van der Waals surface area contributed by atoms with Crippen molar-refractivity contribution in [3.63, 3.8) is 0 Å². The number of rotatable bonds is 5. The molecule has 2 aromatic carbocycles. The van der Waals surface area contributed by atoms with Gasteiger partial charge in [-0.05, 0) is 48.2 Å². The summed E-state index contributed by atoms with van der Waals surface area (Å²) in [6.45, 7) is 0. The Hall–Kier alpha value is -1.70. The van der Waals surface area contributed by atoms with E-state index < -0.39 is 22.8 Å². The Kier molecular flexibility index (Phi) is 5.27. The SMILES string of the molecule is O=C(O)C1(N(c2ccc(-c3ccc(Br)cc3)cc2)S(=O)O)CCCC1. The summed E-state index contributed by atoms with van der Waals surface area (Å²) in [4.78, 5) is 11.9. The van der Waals surface area contributed by atoms with Crippen LogP contribution in [0.5, 0.6) is 0 Å². The molecule has 0 radical (unpaired) electrons. The number of halogens is 1. The topological polar surface area (TPSA) is 77.8 Å². The number of carboxylic acid groups (broad SMARTS) is 1. The summed E-state index contributed by atoms with van der Waals surface area (Å²) in [5.41, 5.74) is 1.08. The van der Waals surface area contributed by atoms with Crippen molar-refractivity contribution >= 4 is 38.9 Å². The fourth-order valence-corrected chi connectivity index (χ4v) is 4.51. The van der Waals surface area contributed by atoms with E-state index in [1.807, 2.05) is 36.4 Å². The molecule has 1 atom stereocenters.